The lowest BCUT2D eigenvalue weighted by molar-refractivity contribution is 0.0558. The number of thiophene rings is 1. The van der Waals surface area contributed by atoms with Gasteiger partial charge in [-0.25, -0.2) is 0 Å². The van der Waals surface area contributed by atoms with Gasteiger partial charge in [-0.05, 0) is 63.7 Å². The highest BCUT2D eigenvalue weighted by atomic mass is 32.1. The minimum Gasteiger partial charge on any atom is -0.317 e. The zero-order valence-corrected chi connectivity index (χ0v) is 12.7. The van der Waals surface area contributed by atoms with Gasteiger partial charge in [0.2, 0.25) is 0 Å². The van der Waals surface area contributed by atoms with Gasteiger partial charge in [-0.15, -0.1) is 11.3 Å². The van der Waals surface area contributed by atoms with Crippen LogP contribution in [0.1, 0.15) is 31.6 Å². The lowest BCUT2D eigenvalue weighted by Gasteiger charge is -2.45. The molecule has 1 aromatic heterocycles. The second-order valence-electron chi connectivity index (χ2n) is 5.51. The third-order valence-electron chi connectivity index (χ3n) is 4.33. The molecule has 3 atom stereocenters. The number of nitrogens with zero attached hydrogens (tertiary/aromatic N) is 1. The SMILES string of the molecule is CCNCC1CCC1N(C)C(C)Cc1cccs1. The summed E-state index contributed by atoms with van der Waals surface area (Å²) in [5.41, 5.74) is 0. The Balaban J connectivity index is 1.81. The molecule has 0 bridgehead atoms. The van der Waals surface area contributed by atoms with Gasteiger partial charge < -0.3 is 10.2 Å². The number of nitrogens with one attached hydrogen (secondary N) is 1. The second kappa shape index (κ2) is 6.69. The van der Waals surface area contributed by atoms with E-state index in [-0.39, 0.29) is 0 Å². The van der Waals surface area contributed by atoms with Crippen molar-refractivity contribution in [3.8, 4) is 0 Å². The number of rotatable bonds is 7. The first-order valence-electron chi connectivity index (χ1n) is 7.17. The van der Waals surface area contributed by atoms with Crippen molar-refractivity contribution in [3.05, 3.63) is 22.4 Å². The maximum atomic E-state index is 3.49. The fourth-order valence-corrected chi connectivity index (χ4v) is 3.67. The van der Waals surface area contributed by atoms with E-state index in [9.17, 15) is 0 Å². The van der Waals surface area contributed by atoms with Crippen molar-refractivity contribution in [2.75, 3.05) is 20.1 Å². The van der Waals surface area contributed by atoms with E-state index in [2.05, 4.69) is 48.6 Å². The van der Waals surface area contributed by atoms with Crippen LogP contribution in [-0.2, 0) is 6.42 Å². The van der Waals surface area contributed by atoms with Crippen LogP contribution in [0.15, 0.2) is 17.5 Å². The molecule has 0 radical (unpaired) electrons. The summed E-state index contributed by atoms with van der Waals surface area (Å²) in [5, 5.41) is 5.67. The fourth-order valence-electron chi connectivity index (χ4n) is 2.85. The van der Waals surface area contributed by atoms with Crippen molar-refractivity contribution in [2.24, 2.45) is 5.92 Å². The lowest BCUT2D eigenvalue weighted by atomic mass is 9.78. The Morgan fingerprint density at radius 2 is 2.33 bits per heavy atom. The van der Waals surface area contributed by atoms with Crippen molar-refractivity contribution in [1.82, 2.24) is 10.2 Å². The summed E-state index contributed by atoms with van der Waals surface area (Å²) in [6.45, 7) is 6.84. The third-order valence-corrected chi connectivity index (χ3v) is 5.23. The van der Waals surface area contributed by atoms with E-state index in [0.717, 1.165) is 18.5 Å². The summed E-state index contributed by atoms with van der Waals surface area (Å²) in [6.07, 6.45) is 3.97. The first-order valence-corrected chi connectivity index (χ1v) is 8.05. The molecule has 3 unspecified atom stereocenters. The van der Waals surface area contributed by atoms with Crippen LogP contribution in [-0.4, -0.2) is 37.1 Å². The number of likely N-dealkylation sites (N-methyl/N-ethyl adjacent to an activating group) is 1. The molecular weight excluding hydrogens is 240 g/mol. The summed E-state index contributed by atoms with van der Waals surface area (Å²) < 4.78 is 0. The topological polar surface area (TPSA) is 15.3 Å². The quantitative estimate of drug-likeness (QED) is 0.816. The molecular formula is C15H26N2S. The molecule has 0 spiro atoms. The molecule has 0 aliphatic heterocycles. The molecule has 2 nitrogen and oxygen atoms in total. The molecule has 0 amide bonds. The van der Waals surface area contributed by atoms with Crippen LogP contribution >= 0.6 is 11.3 Å². The average molecular weight is 266 g/mol. The van der Waals surface area contributed by atoms with E-state index in [1.165, 1.54) is 30.7 Å². The van der Waals surface area contributed by atoms with Crippen molar-refractivity contribution in [3.63, 3.8) is 0 Å². The lowest BCUT2D eigenvalue weighted by Crippen LogP contribution is -2.52. The van der Waals surface area contributed by atoms with Crippen LogP contribution in [0.4, 0.5) is 0 Å². The van der Waals surface area contributed by atoms with E-state index in [4.69, 9.17) is 0 Å². The molecule has 1 aliphatic rings. The molecule has 0 saturated heterocycles. The Hall–Kier alpha value is -0.380. The minimum absolute atomic E-state index is 0.651. The Kier molecular flexibility index (Phi) is 5.22. The third kappa shape index (κ3) is 3.34. The normalized spacial score (nSPS) is 25.1. The Bertz CT molecular complexity index is 336. The van der Waals surface area contributed by atoms with Crippen LogP contribution in [0, 0.1) is 5.92 Å². The number of hydrogen-bond acceptors (Lipinski definition) is 3. The highest BCUT2D eigenvalue weighted by Crippen LogP contribution is 2.32. The van der Waals surface area contributed by atoms with E-state index in [0.29, 0.717) is 6.04 Å². The van der Waals surface area contributed by atoms with E-state index in [1.807, 2.05) is 11.3 Å². The van der Waals surface area contributed by atoms with Gasteiger partial charge in [0.1, 0.15) is 0 Å². The zero-order chi connectivity index (χ0) is 13.0. The Morgan fingerprint density at radius 3 is 2.89 bits per heavy atom. The Morgan fingerprint density at radius 1 is 1.50 bits per heavy atom. The van der Waals surface area contributed by atoms with Gasteiger partial charge in [0.25, 0.3) is 0 Å². The van der Waals surface area contributed by atoms with Crippen molar-refractivity contribution in [1.29, 1.82) is 0 Å². The highest BCUT2D eigenvalue weighted by Gasteiger charge is 2.35. The molecule has 1 aromatic rings. The Labute approximate surface area is 115 Å². The monoisotopic (exact) mass is 266 g/mol. The maximum absolute atomic E-state index is 3.49. The molecule has 3 heteroatoms. The fraction of sp³-hybridized carbons (Fsp3) is 0.733. The van der Waals surface area contributed by atoms with E-state index < -0.39 is 0 Å². The largest absolute Gasteiger partial charge is 0.317 e. The van der Waals surface area contributed by atoms with Crippen LogP contribution < -0.4 is 5.32 Å². The van der Waals surface area contributed by atoms with Crippen molar-refractivity contribution < 1.29 is 0 Å². The van der Waals surface area contributed by atoms with E-state index in [1.54, 1.807) is 0 Å². The smallest absolute Gasteiger partial charge is 0.0136 e. The molecule has 18 heavy (non-hydrogen) atoms. The van der Waals surface area contributed by atoms with Crippen molar-refractivity contribution >= 4 is 11.3 Å². The predicted octanol–water partition coefficient (Wildman–Crippen LogP) is 3.00. The van der Waals surface area contributed by atoms with Gasteiger partial charge in [-0.3, -0.25) is 0 Å². The standard InChI is InChI=1S/C15H26N2S/c1-4-16-11-13-7-8-15(13)17(3)12(2)10-14-6-5-9-18-14/h5-6,9,12-13,15-16H,4,7-8,10-11H2,1-3H3. The van der Waals surface area contributed by atoms with Crippen LogP contribution in [0.5, 0.6) is 0 Å². The molecule has 102 valence electrons. The summed E-state index contributed by atoms with van der Waals surface area (Å²) in [4.78, 5) is 4.11. The molecule has 1 aliphatic carbocycles. The highest BCUT2D eigenvalue weighted by molar-refractivity contribution is 7.09. The molecule has 1 saturated carbocycles. The molecule has 0 aromatic carbocycles. The van der Waals surface area contributed by atoms with Gasteiger partial charge in [0.15, 0.2) is 0 Å². The van der Waals surface area contributed by atoms with Gasteiger partial charge in [0, 0.05) is 17.0 Å². The first kappa shape index (κ1) is 14.0. The molecule has 1 heterocycles. The minimum atomic E-state index is 0.651. The van der Waals surface area contributed by atoms with Gasteiger partial charge in [-0.2, -0.15) is 0 Å². The zero-order valence-electron chi connectivity index (χ0n) is 11.9. The average Bonchev–Trinajstić information content (AvgIpc) is 2.80. The maximum Gasteiger partial charge on any atom is 0.0136 e. The first-order chi connectivity index (χ1) is 8.72. The second-order valence-corrected chi connectivity index (χ2v) is 6.54. The molecule has 2 rings (SSSR count). The van der Waals surface area contributed by atoms with Gasteiger partial charge in [-0.1, -0.05) is 13.0 Å². The van der Waals surface area contributed by atoms with Crippen LogP contribution in [0.25, 0.3) is 0 Å². The van der Waals surface area contributed by atoms with Crippen LogP contribution in [0.3, 0.4) is 0 Å². The number of hydrogen-bond donors (Lipinski definition) is 1. The molecule has 1 N–H and O–H groups in total. The molecule has 1 fully saturated rings. The van der Waals surface area contributed by atoms with Crippen LogP contribution in [0.2, 0.25) is 0 Å². The summed E-state index contributed by atoms with van der Waals surface area (Å²) in [5.74, 6) is 0.862. The summed E-state index contributed by atoms with van der Waals surface area (Å²) in [7, 11) is 2.31. The summed E-state index contributed by atoms with van der Waals surface area (Å²) >= 11 is 1.88. The van der Waals surface area contributed by atoms with E-state index >= 15 is 0 Å². The van der Waals surface area contributed by atoms with Gasteiger partial charge in [0.05, 0.1) is 0 Å². The summed E-state index contributed by atoms with van der Waals surface area (Å²) in [6, 6.07) is 5.85. The van der Waals surface area contributed by atoms with Crippen molar-refractivity contribution in [2.45, 2.75) is 45.2 Å². The van der Waals surface area contributed by atoms with Gasteiger partial charge >= 0.3 is 0 Å². The predicted molar refractivity (Wildman–Crippen MR) is 80.3 cm³/mol.